The molecule has 1 N–H and O–H groups in total. The fourth-order valence-electron chi connectivity index (χ4n) is 4.12. The van der Waals surface area contributed by atoms with Crippen LogP contribution >= 0.6 is 0 Å². The molecule has 0 spiro atoms. The van der Waals surface area contributed by atoms with Gasteiger partial charge in [0.15, 0.2) is 12.4 Å². The lowest BCUT2D eigenvalue weighted by Gasteiger charge is -2.19. The Hall–Kier alpha value is -4.30. The maximum absolute atomic E-state index is 13.0. The van der Waals surface area contributed by atoms with E-state index in [0.29, 0.717) is 23.6 Å². The van der Waals surface area contributed by atoms with Crippen LogP contribution in [0.3, 0.4) is 0 Å². The number of anilines is 1. The van der Waals surface area contributed by atoms with Crippen LogP contribution in [-0.4, -0.2) is 42.8 Å². The van der Waals surface area contributed by atoms with Crippen molar-refractivity contribution in [2.45, 2.75) is 32.4 Å². The molecule has 190 valence electrons. The third-order valence-electron chi connectivity index (χ3n) is 6.08. The number of nitrogens with zero attached hydrogens (tertiary/aromatic N) is 1. The lowest BCUT2D eigenvalue weighted by molar-refractivity contribution is -0.121. The number of nitrogens with one attached hydrogen (secondary N) is 1. The van der Waals surface area contributed by atoms with Crippen LogP contribution in [0, 0.1) is 0 Å². The summed E-state index contributed by atoms with van der Waals surface area (Å²) in [6.45, 7) is 3.92. The summed E-state index contributed by atoms with van der Waals surface area (Å²) in [6.07, 6.45) is 0.0491. The van der Waals surface area contributed by atoms with Crippen molar-refractivity contribution in [2.75, 3.05) is 18.1 Å². The highest BCUT2D eigenvalue weighted by molar-refractivity contribution is 6.22. The Morgan fingerprint density at radius 2 is 1.59 bits per heavy atom. The number of esters is 1. The van der Waals surface area contributed by atoms with Crippen molar-refractivity contribution in [2.24, 2.45) is 0 Å². The minimum atomic E-state index is -0.679. The van der Waals surface area contributed by atoms with Crippen LogP contribution in [0.4, 0.5) is 5.69 Å². The van der Waals surface area contributed by atoms with Gasteiger partial charge in [-0.3, -0.25) is 19.7 Å². The number of Topliss-reactive ketones (excluding diaryl/α,β-unsaturated/α-hetero) is 1. The highest BCUT2D eigenvalue weighted by Gasteiger charge is 2.40. The van der Waals surface area contributed by atoms with Crippen LogP contribution in [0.5, 0.6) is 5.75 Å². The second kappa shape index (κ2) is 11.6. The smallest absolute Gasteiger partial charge is 0.338 e. The van der Waals surface area contributed by atoms with Gasteiger partial charge >= 0.3 is 5.97 Å². The zero-order chi connectivity index (χ0) is 26.4. The zero-order valence-corrected chi connectivity index (χ0v) is 20.7. The van der Waals surface area contributed by atoms with Crippen molar-refractivity contribution in [1.29, 1.82) is 0 Å². The second-order valence-corrected chi connectivity index (χ2v) is 8.63. The molecule has 1 fully saturated rings. The molecule has 1 aliphatic rings. The summed E-state index contributed by atoms with van der Waals surface area (Å²) in [5.74, 6) is -1.03. The number of benzene rings is 3. The molecule has 2 unspecified atom stereocenters. The quantitative estimate of drug-likeness (QED) is 0.254. The molecule has 2 atom stereocenters. The largest absolute Gasteiger partial charge is 0.494 e. The molecular weight excluding hydrogens is 472 g/mol. The molecule has 1 aliphatic heterocycles. The average molecular weight is 501 g/mol. The second-order valence-electron chi connectivity index (χ2n) is 8.63. The Labute approximate surface area is 215 Å². The van der Waals surface area contributed by atoms with Crippen LogP contribution in [-0.2, 0) is 14.3 Å². The standard InChI is InChI=1S/C29H28N2O6/c1-3-36-24-15-11-21(12-16-24)26(32)18-37-29(35)22-9-13-23(14-10-22)31-27(33)17-25(28(31)34)30-19(2)20-7-5-4-6-8-20/h4-16,19,25,30H,3,17-18H2,1-2H3. The lowest BCUT2D eigenvalue weighted by atomic mass is 10.1. The van der Waals surface area contributed by atoms with Gasteiger partial charge in [-0.2, -0.15) is 0 Å². The normalized spacial score (nSPS) is 15.9. The molecule has 2 amide bonds. The van der Waals surface area contributed by atoms with Crippen molar-refractivity contribution >= 4 is 29.3 Å². The van der Waals surface area contributed by atoms with Crippen LogP contribution in [0.25, 0.3) is 0 Å². The van der Waals surface area contributed by atoms with Gasteiger partial charge in [-0.25, -0.2) is 9.69 Å². The van der Waals surface area contributed by atoms with E-state index in [1.54, 1.807) is 24.3 Å². The van der Waals surface area contributed by atoms with Crippen LogP contribution in [0.2, 0.25) is 0 Å². The van der Waals surface area contributed by atoms with Gasteiger partial charge in [-0.1, -0.05) is 30.3 Å². The van der Waals surface area contributed by atoms with Crippen molar-refractivity contribution in [1.82, 2.24) is 5.32 Å². The number of imide groups is 1. The molecule has 4 rings (SSSR count). The molecule has 1 heterocycles. The third-order valence-corrected chi connectivity index (χ3v) is 6.08. The molecule has 3 aromatic rings. The molecule has 1 saturated heterocycles. The van der Waals surface area contributed by atoms with E-state index in [4.69, 9.17) is 9.47 Å². The van der Waals surface area contributed by atoms with Gasteiger partial charge < -0.3 is 9.47 Å². The Balaban J connectivity index is 1.34. The first kappa shape index (κ1) is 25.8. The van der Waals surface area contributed by atoms with Gasteiger partial charge in [0.05, 0.1) is 30.3 Å². The van der Waals surface area contributed by atoms with Crippen molar-refractivity contribution in [3.8, 4) is 5.75 Å². The number of carbonyl (C=O) groups is 4. The van der Waals surface area contributed by atoms with E-state index in [1.165, 1.54) is 24.3 Å². The van der Waals surface area contributed by atoms with Crippen LogP contribution < -0.4 is 15.0 Å². The van der Waals surface area contributed by atoms with E-state index in [1.807, 2.05) is 44.2 Å². The summed E-state index contributed by atoms with van der Waals surface area (Å²) in [5, 5.41) is 3.23. The molecule has 8 heteroatoms. The first-order valence-corrected chi connectivity index (χ1v) is 12.1. The number of ether oxygens (including phenoxy) is 2. The molecule has 0 aliphatic carbocycles. The van der Waals surface area contributed by atoms with Gasteiger partial charge in [-0.15, -0.1) is 0 Å². The average Bonchev–Trinajstić information content (AvgIpc) is 3.20. The first-order valence-electron chi connectivity index (χ1n) is 12.1. The minimum Gasteiger partial charge on any atom is -0.494 e. The summed E-state index contributed by atoms with van der Waals surface area (Å²) >= 11 is 0. The molecule has 8 nitrogen and oxygen atoms in total. The fourth-order valence-corrected chi connectivity index (χ4v) is 4.12. The molecule has 0 bridgehead atoms. The van der Waals surface area contributed by atoms with Gasteiger partial charge in [0.2, 0.25) is 5.91 Å². The van der Waals surface area contributed by atoms with E-state index in [0.717, 1.165) is 10.5 Å². The minimum absolute atomic E-state index is 0.0491. The van der Waals surface area contributed by atoms with Crippen LogP contribution in [0.15, 0.2) is 78.9 Å². The zero-order valence-electron chi connectivity index (χ0n) is 20.7. The van der Waals surface area contributed by atoms with Gasteiger partial charge in [0, 0.05) is 11.6 Å². The predicted octanol–water partition coefficient (Wildman–Crippen LogP) is 4.11. The van der Waals surface area contributed by atoms with Gasteiger partial charge in [0.25, 0.3) is 5.91 Å². The molecule has 3 aromatic carbocycles. The molecular formula is C29H28N2O6. The van der Waals surface area contributed by atoms with Crippen molar-refractivity contribution in [3.63, 3.8) is 0 Å². The van der Waals surface area contributed by atoms with Gasteiger partial charge in [-0.05, 0) is 67.9 Å². The van der Waals surface area contributed by atoms with Gasteiger partial charge in [0.1, 0.15) is 5.75 Å². The molecule has 0 saturated carbocycles. The Morgan fingerprint density at radius 3 is 2.24 bits per heavy atom. The lowest BCUT2D eigenvalue weighted by Crippen LogP contribution is -2.40. The van der Waals surface area contributed by atoms with E-state index in [2.05, 4.69) is 5.32 Å². The number of carbonyl (C=O) groups excluding carboxylic acids is 4. The summed E-state index contributed by atoms with van der Waals surface area (Å²) in [7, 11) is 0. The highest BCUT2D eigenvalue weighted by atomic mass is 16.5. The molecule has 37 heavy (non-hydrogen) atoms. The monoisotopic (exact) mass is 500 g/mol. The number of ketones is 1. The highest BCUT2D eigenvalue weighted by Crippen LogP contribution is 2.25. The maximum atomic E-state index is 13.0. The van der Waals surface area contributed by atoms with Crippen LogP contribution in [0.1, 0.15) is 52.6 Å². The predicted molar refractivity (Wildman–Crippen MR) is 138 cm³/mol. The Kier molecular flexibility index (Phi) is 8.10. The third kappa shape index (κ3) is 6.10. The number of rotatable bonds is 10. The Bertz CT molecular complexity index is 1270. The fraction of sp³-hybridized carbons (Fsp3) is 0.241. The van der Waals surface area contributed by atoms with Crippen molar-refractivity contribution < 1.29 is 28.7 Å². The topological polar surface area (TPSA) is 102 Å². The maximum Gasteiger partial charge on any atom is 0.338 e. The number of hydrogen-bond acceptors (Lipinski definition) is 7. The molecule has 0 aromatic heterocycles. The molecule has 0 radical (unpaired) electrons. The van der Waals surface area contributed by atoms with Crippen molar-refractivity contribution in [3.05, 3.63) is 95.6 Å². The SMILES string of the molecule is CCOc1ccc(C(=O)COC(=O)c2ccc(N3C(=O)CC(NC(C)c4ccccc4)C3=O)cc2)cc1. The Morgan fingerprint density at radius 1 is 0.946 bits per heavy atom. The summed E-state index contributed by atoms with van der Waals surface area (Å²) in [4.78, 5) is 51.5. The summed E-state index contributed by atoms with van der Waals surface area (Å²) < 4.78 is 10.5. The number of amides is 2. The number of hydrogen-bond donors (Lipinski definition) is 1. The first-order chi connectivity index (χ1) is 17.9. The van der Waals surface area contributed by atoms with E-state index in [9.17, 15) is 19.2 Å². The summed E-state index contributed by atoms with van der Waals surface area (Å²) in [6, 6.07) is 21.5. The van der Waals surface area contributed by atoms with E-state index in [-0.39, 0.29) is 35.6 Å². The summed E-state index contributed by atoms with van der Waals surface area (Å²) in [5.41, 5.74) is 2.00. The van der Waals surface area contributed by atoms with E-state index < -0.39 is 18.6 Å². The van der Waals surface area contributed by atoms with E-state index >= 15 is 0 Å².